The lowest BCUT2D eigenvalue weighted by atomic mass is 10.1. The Morgan fingerprint density at radius 3 is 2.40 bits per heavy atom. The largest absolute Gasteiger partial charge is 0.389 e. The van der Waals surface area contributed by atoms with Crippen molar-refractivity contribution in [1.82, 2.24) is 10.2 Å². The summed E-state index contributed by atoms with van der Waals surface area (Å²) in [4.78, 5) is 16.4. The highest BCUT2D eigenvalue weighted by molar-refractivity contribution is 7.12. The third kappa shape index (κ3) is 5.13. The lowest BCUT2D eigenvalue weighted by molar-refractivity contribution is 0.0383. The van der Waals surface area contributed by atoms with Gasteiger partial charge in [-0.25, -0.2) is 4.79 Å². The van der Waals surface area contributed by atoms with E-state index in [9.17, 15) is 9.90 Å². The molecule has 0 aliphatic heterocycles. The molecule has 0 radical (unpaired) electrons. The third-order valence-corrected chi connectivity index (χ3v) is 4.15. The monoisotopic (exact) mass is 298 g/mol. The first-order valence-corrected chi connectivity index (χ1v) is 7.77. The van der Waals surface area contributed by atoms with Crippen LogP contribution in [-0.2, 0) is 0 Å². The number of amides is 2. The van der Waals surface area contributed by atoms with Gasteiger partial charge in [0.1, 0.15) is 0 Å². The van der Waals surface area contributed by atoms with Gasteiger partial charge in [0, 0.05) is 15.8 Å². The number of rotatable bonds is 5. The Hall–Kier alpha value is -1.07. The van der Waals surface area contributed by atoms with Crippen molar-refractivity contribution < 1.29 is 9.90 Å². The summed E-state index contributed by atoms with van der Waals surface area (Å²) in [5.41, 5.74) is -0.898. The van der Waals surface area contributed by atoms with E-state index in [1.54, 1.807) is 30.1 Å². The third-order valence-electron chi connectivity index (χ3n) is 2.97. The van der Waals surface area contributed by atoms with Gasteiger partial charge < -0.3 is 15.3 Å². The molecule has 0 saturated carbocycles. The number of nitrogens with one attached hydrogen (secondary N) is 1. The Bertz CT molecular complexity index is 449. The maximum Gasteiger partial charge on any atom is 0.318 e. The molecule has 1 aromatic heterocycles. The Kier molecular flexibility index (Phi) is 5.59. The van der Waals surface area contributed by atoms with Crippen LogP contribution in [0.1, 0.15) is 50.4 Å². The minimum absolute atomic E-state index is 0.0238. The predicted octanol–water partition coefficient (Wildman–Crippen LogP) is 3.31. The van der Waals surface area contributed by atoms with Crippen LogP contribution in [0.3, 0.4) is 0 Å². The summed E-state index contributed by atoms with van der Waals surface area (Å²) in [6.07, 6.45) is 0. The van der Waals surface area contributed by atoms with Crippen molar-refractivity contribution in [3.05, 3.63) is 21.9 Å². The molecule has 0 bridgehead atoms. The molecule has 0 aliphatic rings. The molecule has 1 rings (SSSR count). The summed E-state index contributed by atoms with van der Waals surface area (Å²) in [5, 5.41) is 12.9. The smallest absolute Gasteiger partial charge is 0.318 e. The van der Waals surface area contributed by atoms with Crippen molar-refractivity contribution in [2.75, 3.05) is 6.54 Å². The molecule has 0 fully saturated rings. The fourth-order valence-electron chi connectivity index (χ4n) is 1.93. The van der Waals surface area contributed by atoms with Gasteiger partial charge in [-0.2, -0.15) is 0 Å². The first-order chi connectivity index (χ1) is 9.10. The minimum atomic E-state index is -0.898. The molecule has 20 heavy (non-hydrogen) atoms. The molecule has 0 spiro atoms. The van der Waals surface area contributed by atoms with Gasteiger partial charge in [0.2, 0.25) is 0 Å². The van der Waals surface area contributed by atoms with Crippen LogP contribution in [-0.4, -0.2) is 34.2 Å². The normalized spacial score (nSPS) is 13.4. The zero-order valence-electron chi connectivity index (χ0n) is 13.2. The average Bonchev–Trinajstić information content (AvgIpc) is 2.71. The van der Waals surface area contributed by atoms with Gasteiger partial charge in [0.15, 0.2) is 0 Å². The van der Waals surface area contributed by atoms with Gasteiger partial charge in [0.05, 0.1) is 18.2 Å². The Morgan fingerprint density at radius 2 is 2.00 bits per heavy atom. The molecule has 1 aromatic rings. The second-order valence-corrected chi connectivity index (χ2v) is 7.47. The molecule has 5 heteroatoms. The van der Waals surface area contributed by atoms with Crippen molar-refractivity contribution in [2.24, 2.45) is 0 Å². The van der Waals surface area contributed by atoms with Gasteiger partial charge in [-0.3, -0.25) is 0 Å². The zero-order chi connectivity index (χ0) is 15.5. The van der Waals surface area contributed by atoms with E-state index in [-0.39, 0.29) is 18.1 Å². The number of carbonyl (C=O) groups is 1. The molecule has 1 unspecified atom stereocenters. The second-order valence-electron chi connectivity index (χ2n) is 6.15. The number of nitrogens with zero attached hydrogens (tertiary/aromatic N) is 1. The van der Waals surface area contributed by atoms with Crippen molar-refractivity contribution >= 4 is 17.4 Å². The van der Waals surface area contributed by atoms with E-state index in [2.05, 4.69) is 18.3 Å². The molecule has 1 heterocycles. The number of urea groups is 1. The van der Waals surface area contributed by atoms with E-state index < -0.39 is 5.60 Å². The van der Waals surface area contributed by atoms with Crippen LogP contribution in [0.2, 0.25) is 0 Å². The highest BCUT2D eigenvalue weighted by atomic mass is 32.1. The maximum atomic E-state index is 12.4. The van der Waals surface area contributed by atoms with Crippen molar-refractivity contribution in [2.45, 2.75) is 59.2 Å². The molecule has 0 aliphatic carbocycles. The van der Waals surface area contributed by atoms with Gasteiger partial charge in [-0.1, -0.05) is 0 Å². The van der Waals surface area contributed by atoms with E-state index >= 15 is 0 Å². The van der Waals surface area contributed by atoms with Crippen LogP contribution in [0, 0.1) is 6.92 Å². The van der Waals surface area contributed by atoms with Crippen LogP contribution in [0.4, 0.5) is 4.79 Å². The highest BCUT2D eigenvalue weighted by Crippen LogP contribution is 2.22. The quantitative estimate of drug-likeness (QED) is 0.876. The van der Waals surface area contributed by atoms with Crippen molar-refractivity contribution in [3.63, 3.8) is 0 Å². The predicted molar refractivity (Wildman–Crippen MR) is 84.1 cm³/mol. The molecule has 2 amide bonds. The molecule has 2 N–H and O–H groups in total. The second kappa shape index (κ2) is 6.59. The average molecular weight is 298 g/mol. The van der Waals surface area contributed by atoms with Gasteiger partial charge >= 0.3 is 6.03 Å². The Labute approximate surface area is 125 Å². The highest BCUT2D eigenvalue weighted by Gasteiger charge is 2.25. The minimum Gasteiger partial charge on any atom is -0.389 e. The number of aryl methyl sites for hydroxylation is 1. The van der Waals surface area contributed by atoms with Crippen LogP contribution in [0.15, 0.2) is 12.1 Å². The molecule has 4 nitrogen and oxygen atoms in total. The summed E-state index contributed by atoms with van der Waals surface area (Å²) < 4.78 is 0. The van der Waals surface area contributed by atoms with Crippen LogP contribution in [0.5, 0.6) is 0 Å². The van der Waals surface area contributed by atoms with E-state index in [1.165, 1.54) is 4.88 Å². The topological polar surface area (TPSA) is 52.6 Å². The Balaban J connectivity index is 2.71. The molecule has 1 atom stereocenters. The number of thiophene rings is 1. The lowest BCUT2D eigenvalue weighted by Gasteiger charge is -2.33. The summed E-state index contributed by atoms with van der Waals surface area (Å²) >= 11 is 1.69. The molecule has 0 aromatic carbocycles. The van der Waals surface area contributed by atoms with Gasteiger partial charge in [-0.05, 0) is 53.7 Å². The number of hydrogen-bond acceptors (Lipinski definition) is 3. The van der Waals surface area contributed by atoms with E-state index in [4.69, 9.17) is 0 Å². The van der Waals surface area contributed by atoms with Crippen LogP contribution in [0.25, 0.3) is 0 Å². The van der Waals surface area contributed by atoms with Gasteiger partial charge in [0.25, 0.3) is 0 Å². The zero-order valence-corrected chi connectivity index (χ0v) is 14.0. The molecule has 0 saturated heterocycles. The van der Waals surface area contributed by atoms with E-state index in [0.29, 0.717) is 6.54 Å². The SMILES string of the molecule is Cc1ccc(C(C)NC(=O)N(CC(C)(C)O)C(C)C)s1. The summed E-state index contributed by atoms with van der Waals surface area (Å²) in [7, 11) is 0. The van der Waals surface area contributed by atoms with Gasteiger partial charge in [-0.15, -0.1) is 11.3 Å². The van der Waals surface area contributed by atoms with Crippen molar-refractivity contribution in [1.29, 1.82) is 0 Å². The molecule has 114 valence electrons. The molecular formula is C15H26N2O2S. The van der Waals surface area contributed by atoms with Crippen LogP contribution >= 0.6 is 11.3 Å². The first kappa shape index (κ1) is 17.0. The van der Waals surface area contributed by atoms with E-state index in [1.807, 2.05) is 26.8 Å². The number of carbonyl (C=O) groups excluding carboxylic acids is 1. The molecular weight excluding hydrogens is 272 g/mol. The summed E-state index contributed by atoms with van der Waals surface area (Å²) in [5.74, 6) is 0. The lowest BCUT2D eigenvalue weighted by Crippen LogP contribution is -2.50. The summed E-state index contributed by atoms with van der Waals surface area (Å²) in [6.45, 7) is 11.7. The maximum absolute atomic E-state index is 12.4. The summed E-state index contributed by atoms with van der Waals surface area (Å²) in [6, 6.07) is 3.98. The standard InChI is InChI=1S/C15H26N2O2S/c1-10(2)17(9-15(5,6)19)14(18)16-12(4)13-8-7-11(3)20-13/h7-8,10,12,19H,9H2,1-6H3,(H,16,18). The first-order valence-electron chi connectivity index (χ1n) is 6.96. The number of hydrogen-bond donors (Lipinski definition) is 2. The van der Waals surface area contributed by atoms with Crippen molar-refractivity contribution in [3.8, 4) is 0 Å². The fourth-order valence-corrected chi connectivity index (χ4v) is 2.81. The Morgan fingerprint density at radius 1 is 1.40 bits per heavy atom. The van der Waals surface area contributed by atoms with Crippen LogP contribution < -0.4 is 5.32 Å². The fraction of sp³-hybridized carbons (Fsp3) is 0.667. The number of aliphatic hydroxyl groups is 1. The van der Waals surface area contributed by atoms with E-state index in [0.717, 1.165) is 4.88 Å².